The van der Waals surface area contributed by atoms with Crippen molar-refractivity contribution < 1.29 is 18.7 Å². The van der Waals surface area contributed by atoms with E-state index in [1.165, 1.54) is 12.1 Å². The largest absolute Gasteiger partial charge is 0.378 e. The maximum atomic E-state index is 13.4. The predicted octanol–water partition coefficient (Wildman–Crippen LogP) is 0.782. The number of nitrogens with zero attached hydrogens (tertiary/aromatic N) is 1. The van der Waals surface area contributed by atoms with Crippen LogP contribution in [0.1, 0.15) is 12.8 Å². The zero-order chi connectivity index (χ0) is 17.4. The van der Waals surface area contributed by atoms with E-state index in [-0.39, 0.29) is 35.5 Å². The van der Waals surface area contributed by atoms with E-state index in [4.69, 9.17) is 17.0 Å². The Morgan fingerprint density at radius 3 is 2.58 bits per heavy atom. The smallest absolute Gasteiger partial charge is 0.238 e. The number of hydrazine groups is 1. The Morgan fingerprint density at radius 1 is 1.17 bits per heavy atom. The number of anilines is 1. The Kier molecular flexibility index (Phi) is 6.89. The molecule has 1 saturated heterocycles. The van der Waals surface area contributed by atoms with Crippen molar-refractivity contribution in [3.63, 3.8) is 0 Å². The predicted molar refractivity (Wildman–Crippen MR) is 90.5 cm³/mol. The summed E-state index contributed by atoms with van der Waals surface area (Å²) in [4.78, 5) is 25.3. The van der Waals surface area contributed by atoms with Crippen LogP contribution in [0, 0.1) is 5.82 Å². The molecule has 0 aliphatic carbocycles. The number of halogens is 1. The third kappa shape index (κ3) is 5.74. The van der Waals surface area contributed by atoms with Crippen molar-refractivity contribution in [2.75, 3.05) is 31.6 Å². The highest BCUT2D eigenvalue weighted by Crippen LogP contribution is 2.11. The van der Waals surface area contributed by atoms with E-state index in [1.807, 2.05) is 0 Å². The summed E-state index contributed by atoms with van der Waals surface area (Å²) in [5.41, 5.74) is 5.04. The van der Waals surface area contributed by atoms with E-state index in [2.05, 4.69) is 16.2 Å². The molecule has 9 heteroatoms. The molecule has 1 aromatic carbocycles. The second-order valence-corrected chi connectivity index (χ2v) is 5.51. The fourth-order valence-corrected chi connectivity index (χ4v) is 2.26. The van der Waals surface area contributed by atoms with Gasteiger partial charge in [-0.05, 0) is 24.4 Å². The van der Waals surface area contributed by atoms with Crippen LogP contribution < -0.4 is 16.2 Å². The molecule has 0 bridgehead atoms. The fourth-order valence-electron chi connectivity index (χ4n) is 2.10. The van der Waals surface area contributed by atoms with E-state index < -0.39 is 5.82 Å². The van der Waals surface area contributed by atoms with E-state index in [0.29, 0.717) is 26.3 Å². The second-order valence-electron chi connectivity index (χ2n) is 5.10. The third-order valence-corrected chi connectivity index (χ3v) is 3.57. The SMILES string of the molecule is O=C(CCC(=O)N1CCOCC1)NNC(=S)Nc1ccccc1F. The molecule has 1 aliphatic heterocycles. The first-order chi connectivity index (χ1) is 11.6. The minimum Gasteiger partial charge on any atom is -0.378 e. The van der Waals surface area contributed by atoms with Gasteiger partial charge in [0.15, 0.2) is 5.11 Å². The molecular weight excluding hydrogens is 335 g/mol. The zero-order valence-electron chi connectivity index (χ0n) is 13.0. The lowest BCUT2D eigenvalue weighted by molar-refractivity contribution is -0.137. The highest BCUT2D eigenvalue weighted by atomic mass is 32.1. The van der Waals surface area contributed by atoms with Crippen LogP contribution in [-0.2, 0) is 14.3 Å². The molecule has 24 heavy (non-hydrogen) atoms. The van der Waals surface area contributed by atoms with E-state index in [0.717, 1.165) is 0 Å². The molecule has 1 fully saturated rings. The zero-order valence-corrected chi connectivity index (χ0v) is 13.8. The van der Waals surface area contributed by atoms with Crippen molar-refractivity contribution in [3.8, 4) is 0 Å². The number of nitrogens with one attached hydrogen (secondary N) is 3. The molecule has 0 radical (unpaired) electrons. The van der Waals surface area contributed by atoms with Crippen LogP contribution in [0.2, 0.25) is 0 Å². The quantitative estimate of drug-likeness (QED) is 0.548. The maximum absolute atomic E-state index is 13.4. The number of carbonyl (C=O) groups is 2. The molecule has 2 rings (SSSR count). The highest BCUT2D eigenvalue weighted by Gasteiger charge is 2.17. The summed E-state index contributed by atoms with van der Waals surface area (Å²) in [6.45, 7) is 2.15. The number of thiocarbonyl (C=S) groups is 1. The van der Waals surface area contributed by atoms with Crippen LogP contribution >= 0.6 is 12.2 Å². The first kappa shape index (κ1) is 18.1. The van der Waals surface area contributed by atoms with E-state index in [1.54, 1.807) is 17.0 Å². The lowest BCUT2D eigenvalue weighted by Gasteiger charge is -2.26. The molecule has 0 aromatic heterocycles. The lowest BCUT2D eigenvalue weighted by atomic mass is 10.2. The summed E-state index contributed by atoms with van der Waals surface area (Å²) in [6.07, 6.45) is 0.145. The van der Waals surface area contributed by atoms with Crippen molar-refractivity contribution >= 4 is 34.8 Å². The van der Waals surface area contributed by atoms with Crippen LogP contribution in [0.25, 0.3) is 0 Å². The average Bonchev–Trinajstić information content (AvgIpc) is 2.60. The van der Waals surface area contributed by atoms with Gasteiger partial charge in [-0.3, -0.25) is 20.4 Å². The Bertz CT molecular complexity index is 608. The molecule has 130 valence electrons. The van der Waals surface area contributed by atoms with Crippen LogP contribution in [0.4, 0.5) is 10.1 Å². The van der Waals surface area contributed by atoms with Gasteiger partial charge < -0.3 is 15.0 Å². The van der Waals surface area contributed by atoms with Crippen molar-refractivity contribution in [2.45, 2.75) is 12.8 Å². The number of rotatable bonds is 4. The Hall–Kier alpha value is -2.26. The first-order valence-electron chi connectivity index (χ1n) is 7.52. The molecule has 1 aromatic rings. The van der Waals surface area contributed by atoms with Crippen molar-refractivity contribution in [3.05, 3.63) is 30.1 Å². The molecule has 1 heterocycles. The Balaban J connectivity index is 1.66. The van der Waals surface area contributed by atoms with Gasteiger partial charge in [0.05, 0.1) is 18.9 Å². The normalized spacial score (nSPS) is 14.0. The first-order valence-corrected chi connectivity index (χ1v) is 7.93. The summed E-state index contributed by atoms with van der Waals surface area (Å²) >= 11 is 4.96. The number of para-hydroxylation sites is 1. The van der Waals surface area contributed by atoms with Gasteiger partial charge in [0.25, 0.3) is 0 Å². The molecule has 1 aliphatic rings. The number of carbonyl (C=O) groups excluding carboxylic acids is 2. The summed E-state index contributed by atoms with van der Waals surface area (Å²) in [7, 11) is 0. The monoisotopic (exact) mass is 354 g/mol. The van der Waals surface area contributed by atoms with Crippen molar-refractivity contribution in [1.82, 2.24) is 15.8 Å². The summed E-state index contributed by atoms with van der Waals surface area (Å²) in [5, 5.41) is 2.67. The molecule has 0 atom stereocenters. The topological polar surface area (TPSA) is 82.7 Å². The molecule has 2 amide bonds. The molecular formula is C15H19FN4O3S. The number of benzene rings is 1. The van der Waals surface area contributed by atoms with Crippen LogP contribution in [-0.4, -0.2) is 48.1 Å². The van der Waals surface area contributed by atoms with Crippen LogP contribution in [0.5, 0.6) is 0 Å². The standard InChI is InChI=1S/C15H19FN4O3S/c16-11-3-1-2-4-12(11)17-15(24)19-18-13(21)5-6-14(22)20-7-9-23-10-8-20/h1-4H,5-10H2,(H,18,21)(H2,17,19,24). The molecule has 0 unspecified atom stereocenters. The molecule has 7 nitrogen and oxygen atoms in total. The van der Waals surface area contributed by atoms with Crippen molar-refractivity contribution in [2.24, 2.45) is 0 Å². The minimum absolute atomic E-state index is 0.0332. The van der Waals surface area contributed by atoms with Gasteiger partial charge in [-0.25, -0.2) is 4.39 Å². The number of hydrogen-bond acceptors (Lipinski definition) is 4. The van der Waals surface area contributed by atoms with Gasteiger partial charge >= 0.3 is 0 Å². The van der Waals surface area contributed by atoms with E-state index >= 15 is 0 Å². The van der Waals surface area contributed by atoms with Gasteiger partial charge in [-0.15, -0.1) is 0 Å². The second kappa shape index (κ2) is 9.14. The van der Waals surface area contributed by atoms with Gasteiger partial charge in [-0.2, -0.15) is 0 Å². The molecule has 3 N–H and O–H groups in total. The highest BCUT2D eigenvalue weighted by molar-refractivity contribution is 7.80. The fraction of sp³-hybridized carbons (Fsp3) is 0.400. The Morgan fingerprint density at radius 2 is 1.88 bits per heavy atom. The number of ether oxygens (including phenoxy) is 1. The third-order valence-electron chi connectivity index (χ3n) is 3.37. The summed E-state index contributed by atoms with van der Waals surface area (Å²) in [6, 6.07) is 6.03. The summed E-state index contributed by atoms with van der Waals surface area (Å²) < 4.78 is 18.6. The van der Waals surface area contributed by atoms with Gasteiger partial charge in [0, 0.05) is 25.9 Å². The molecule has 0 saturated carbocycles. The molecule has 0 spiro atoms. The van der Waals surface area contributed by atoms with Gasteiger partial charge in [-0.1, -0.05) is 12.1 Å². The van der Waals surface area contributed by atoms with Crippen molar-refractivity contribution in [1.29, 1.82) is 0 Å². The average molecular weight is 354 g/mol. The lowest BCUT2D eigenvalue weighted by Crippen LogP contribution is -2.45. The number of morpholine rings is 1. The summed E-state index contributed by atoms with van der Waals surface area (Å²) in [5.74, 6) is -0.918. The van der Waals surface area contributed by atoms with Crippen LogP contribution in [0.15, 0.2) is 24.3 Å². The Labute approximate surface area is 144 Å². The minimum atomic E-state index is -0.455. The maximum Gasteiger partial charge on any atom is 0.238 e. The van der Waals surface area contributed by atoms with Gasteiger partial charge in [0.1, 0.15) is 5.82 Å². The van der Waals surface area contributed by atoms with Crippen LogP contribution in [0.3, 0.4) is 0 Å². The van der Waals surface area contributed by atoms with E-state index in [9.17, 15) is 14.0 Å². The van der Waals surface area contributed by atoms with Gasteiger partial charge in [0.2, 0.25) is 11.8 Å². The number of amides is 2. The number of hydrogen-bond donors (Lipinski definition) is 3.